The lowest BCUT2D eigenvalue weighted by Gasteiger charge is -2.41. The number of aliphatic hydroxyl groups excluding tert-OH is 1. The molecule has 1 aromatic heterocycles. The number of unbranched alkanes of at least 4 members (excludes halogenated alkanes) is 2. The van der Waals surface area contributed by atoms with E-state index in [2.05, 4.69) is 39.4 Å². The number of thioether (sulfide) groups is 1. The van der Waals surface area contributed by atoms with Crippen LogP contribution in [0.1, 0.15) is 46.0 Å². The van der Waals surface area contributed by atoms with Gasteiger partial charge in [-0.05, 0) is 43.7 Å². The third-order valence-electron chi connectivity index (χ3n) is 9.51. The van der Waals surface area contributed by atoms with Crippen LogP contribution in [0.5, 0.6) is 0 Å². The highest BCUT2D eigenvalue weighted by Crippen LogP contribution is 2.68. The van der Waals surface area contributed by atoms with Crippen LogP contribution in [-0.2, 0) is 25.8 Å². The molecule has 0 aliphatic carbocycles. The molecule has 5 rings (SSSR count). The lowest BCUT2D eigenvalue weighted by Crippen LogP contribution is -2.59. The number of carbonyl (C=O) groups excluding carboxylic acids is 3. The number of rotatable bonds is 15. The molecule has 3 fully saturated rings. The van der Waals surface area contributed by atoms with E-state index in [4.69, 9.17) is 4.74 Å². The van der Waals surface area contributed by atoms with Gasteiger partial charge in [-0.25, -0.2) is 4.68 Å². The molecule has 8 atom stereocenters. The summed E-state index contributed by atoms with van der Waals surface area (Å²) in [5, 5.41) is 19.0. The van der Waals surface area contributed by atoms with Crippen molar-refractivity contribution in [1.82, 2.24) is 24.8 Å². The quantitative estimate of drug-likeness (QED) is 0.128. The van der Waals surface area contributed by atoms with Crippen molar-refractivity contribution in [2.75, 3.05) is 19.8 Å². The average molecular weight is 689 g/mol. The predicted molar refractivity (Wildman–Crippen MR) is 174 cm³/mol. The van der Waals surface area contributed by atoms with Crippen molar-refractivity contribution in [2.24, 2.45) is 17.8 Å². The van der Waals surface area contributed by atoms with Crippen LogP contribution in [0.25, 0.3) is 11.0 Å². The number of fused-ring (bicyclic) bond motifs is 2. The monoisotopic (exact) mass is 687 g/mol. The van der Waals surface area contributed by atoms with Gasteiger partial charge < -0.3 is 19.6 Å². The number of aromatic nitrogens is 3. The average Bonchev–Trinajstić information content (AvgIpc) is 3.74. The molecule has 0 saturated carbocycles. The van der Waals surface area contributed by atoms with Crippen molar-refractivity contribution in [1.29, 1.82) is 0 Å². The van der Waals surface area contributed by atoms with Crippen LogP contribution < -0.4 is 0 Å². The minimum absolute atomic E-state index is 0.0705. The molecule has 1 N–H and O–H groups in total. The number of benzene rings is 1. The van der Waals surface area contributed by atoms with Gasteiger partial charge in [0.05, 0.1) is 41.4 Å². The molecule has 2 bridgehead atoms. The maximum Gasteiger partial charge on any atom is 0.310 e. The van der Waals surface area contributed by atoms with E-state index in [-0.39, 0.29) is 60.2 Å². The lowest BCUT2D eigenvalue weighted by molar-refractivity contribution is -0.155. The normalized spacial score (nSPS) is 28.6. The summed E-state index contributed by atoms with van der Waals surface area (Å²) in [6, 6.07) is 6.06. The van der Waals surface area contributed by atoms with Gasteiger partial charge in [0.2, 0.25) is 11.8 Å². The first-order chi connectivity index (χ1) is 21.2. The fourth-order valence-corrected chi connectivity index (χ4v) is 10.8. The number of hydrogen-bond acceptors (Lipinski definition) is 8. The molecule has 2 amide bonds. The highest BCUT2D eigenvalue weighted by Gasteiger charge is 2.76. The number of hydrogen-bond donors (Lipinski definition) is 1. The number of alkyl halides is 1. The number of esters is 1. The summed E-state index contributed by atoms with van der Waals surface area (Å²) in [6.45, 7) is 12.0. The molecule has 1 spiro atoms. The fourth-order valence-electron chi connectivity index (χ4n) is 7.18. The summed E-state index contributed by atoms with van der Waals surface area (Å²) >= 11 is 5.38. The highest BCUT2D eigenvalue weighted by molar-refractivity contribution is 9.09. The first-order valence-corrected chi connectivity index (χ1v) is 17.2. The van der Waals surface area contributed by atoms with Crippen LogP contribution in [-0.4, -0.2) is 94.4 Å². The van der Waals surface area contributed by atoms with E-state index >= 15 is 0 Å². The van der Waals surface area contributed by atoms with Crippen molar-refractivity contribution >= 4 is 56.5 Å². The van der Waals surface area contributed by atoms with Crippen LogP contribution >= 0.6 is 27.7 Å². The number of halogens is 1. The van der Waals surface area contributed by atoms with Crippen LogP contribution in [0.15, 0.2) is 49.6 Å². The Morgan fingerprint density at radius 1 is 1.30 bits per heavy atom. The van der Waals surface area contributed by atoms with Gasteiger partial charge in [-0.2, -0.15) is 0 Å². The Hall–Kier alpha value is -2.70. The molecule has 3 saturated heterocycles. The first kappa shape index (κ1) is 32.7. The Morgan fingerprint density at radius 2 is 2.07 bits per heavy atom. The molecule has 10 nitrogen and oxygen atoms in total. The topological polar surface area (TPSA) is 118 Å². The molecule has 238 valence electrons. The van der Waals surface area contributed by atoms with Gasteiger partial charge in [0.25, 0.3) is 0 Å². The van der Waals surface area contributed by atoms with Gasteiger partial charge in [0, 0.05) is 16.6 Å². The zero-order valence-electron chi connectivity index (χ0n) is 25.4. The lowest BCUT2D eigenvalue weighted by atomic mass is 9.71. The van der Waals surface area contributed by atoms with Gasteiger partial charge in [0.15, 0.2) is 0 Å². The highest BCUT2D eigenvalue weighted by atomic mass is 79.9. The number of carbonyl (C=O) groups is 3. The molecule has 12 heteroatoms. The number of para-hydroxylation sites is 1. The van der Waals surface area contributed by atoms with Crippen molar-refractivity contribution in [3.8, 4) is 0 Å². The Morgan fingerprint density at radius 3 is 2.77 bits per heavy atom. The molecular weight excluding hydrogens is 646 g/mol. The van der Waals surface area contributed by atoms with Crippen molar-refractivity contribution in [3.63, 3.8) is 0 Å². The summed E-state index contributed by atoms with van der Waals surface area (Å²) in [7, 11) is 0. The molecule has 44 heavy (non-hydrogen) atoms. The van der Waals surface area contributed by atoms with E-state index in [9.17, 15) is 19.5 Å². The number of ether oxygens (including phenoxy) is 1. The van der Waals surface area contributed by atoms with E-state index in [1.54, 1.807) is 32.3 Å². The molecule has 3 unspecified atom stereocenters. The first-order valence-electron chi connectivity index (χ1n) is 15.4. The third-order valence-corrected chi connectivity index (χ3v) is 12.7. The maximum atomic E-state index is 14.9. The SMILES string of the molecule is C=CCCCCOC(=O)[C@H]1[C@H]2C(=O)N([C@@H](CO)[C@@H](C)CC)C(C(=O)N(CC=C)Cn3nnc4ccccc43)C23CC(Br)[C@@H]1S3. The third kappa shape index (κ3) is 5.62. The number of allylic oxidation sites excluding steroid dienone is 1. The van der Waals surface area contributed by atoms with Gasteiger partial charge in [-0.3, -0.25) is 14.4 Å². The van der Waals surface area contributed by atoms with Crippen molar-refractivity contribution < 1.29 is 24.2 Å². The van der Waals surface area contributed by atoms with Gasteiger partial charge in [-0.15, -0.1) is 30.0 Å². The summed E-state index contributed by atoms with van der Waals surface area (Å²) in [4.78, 5) is 46.3. The van der Waals surface area contributed by atoms with Crippen LogP contribution in [0.3, 0.4) is 0 Å². The van der Waals surface area contributed by atoms with Gasteiger partial charge in [-0.1, -0.05) is 65.7 Å². The Balaban J connectivity index is 1.52. The number of aliphatic hydroxyl groups is 1. The second kappa shape index (κ2) is 13.7. The predicted octanol–water partition coefficient (Wildman–Crippen LogP) is 4.17. The summed E-state index contributed by atoms with van der Waals surface area (Å²) in [5.74, 6) is -2.38. The second-order valence-electron chi connectivity index (χ2n) is 12.1. The Labute approximate surface area is 271 Å². The molecular formula is C32H42BrN5O5S. The number of amides is 2. The molecule has 3 aliphatic heterocycles. The summed E-state index contributed by atoms with van der Waals surface area (Å²) in [5.41, 5.74) is 1.50. The maximum absolute atomic E-state index is 14.9. The van der Waals surface area contributed by atoms with Crippen LogP contribution in [0.2, 0.25) is 0 Å². The van der Waals surface area contributed by atoms with E-state index in [0.29, 0.717) is 24.8 Å². The standard InChI is InChI=1S/C32H42BrN5O5S/c1-5-8-9-12-16-43-31(42)25-26-29(40)38(24(18-39)20(4)7-3)28(32(26)17-21(33)27(25)44-32)30(41)36(15-6-2)19-37-23-14-11-10-13-22(23)34-35-37/h5-6,10-11,13-14,20-21,24-28,39H,1-2,7-9,12,15-19H2,3-4H3/t20-,21?,24-,25-,26-,27-,28?,32?/m0/s1. The minimum atomic E-state index is -0.888. The zero-order chi connectivity index (χ0) is 31.6. The second-order valence-corrected chi connectivity index (χ2v) is 14.8. The van der Waals surface area contributed by atoms with Crippen LogP contribution in [0.4, 0.5) is 0 Å². The smallest absolute Gasteiger partial charge is 0.310 e. The summed E-state index contributed by atoms with van der Waals surface area (Å²) < 4.78 is 6.57. The fraction of sp³-hybridized carbons (Fsp3) is 0.594. The molecule has 1 aromatic carbocycles. The Bertz CT molecular complexity index is 1400. The Kier molecular flexibility index (Phi) is 10.2. The molecule has 2 aromatic rings. The van der Waals surface area contributed by atoms with E-state index in [1.807, 2.05) is 44.2 Å². The molecule has 0 radical (unpaired) electrons. The van der Waals surface area contributed by atoms with Gasteiger partial charge >= 0.3 is 5.97 Å². The largest absolute Gasteiger partial charge is 0.465 e. The zero-order valence-corrected chi connectivity index (χ0v) is 27.8. The number of nitrogens with zero attached hydrogens (tertiary/aromatic N) is 5. The van der Waals surface area contributed by atoms with E-state index < -0.39 is 28.7 Å². The van der Waals surface area contributed by atoms with Gasteiger partial charge in [0.1, 0.15) is 18.2 Å². The summed E-state index contributed by atoms with van der Waals surface area (Å²) in [6.07, 6.45) is 7.17. The minimum Gasteiger partial charge on any atom is -0.465 e. The number of likely N-dealkylation sites (tertiary alicyclic amines) is 1. The van der Waals surface area contributed by atoms with Crippen molar-refractivity contribution in [2.45, 2.75) is 79.5 Å². The van der Waals surface area contributed by atoms with Crippen LogP contribution in [0, 0.1) is 17.8 Å². The van der Waals surface area contributed by atoms with E-state index in [0.717, 1.165) is 18.4 Å². The van der Waals surface area contributed by atoms with E-state index in [1.165, 1.54) is 0 Å². The van der Waals surface area contributed by atoms with Crippen molar-refractivity contribution in [3.05, 3.63) is 49.6 Å². The molecule has 4 heterocycles. The molecule has 3 aliphatic rings.